The van der Waals surface area contributed by atoms with Crippen LogP contribution in [0.5, 0.6) is 0 Å². The fourth-order valence-electron chi connectivity index (χ4n) is 3.04. The van der Waals surface area contributed by atoms with E-state index in [1.54, 1.807) is 19.9 Å². The standard InChI is InChI=1S/C21H38O5/c1-4-5-8-11-18(24)14-15-20(17(3)23)19(16(2)22)12-9-6-7-10-13-21(25)26/h6,9,14-20,22-24H,4-5,7-8,10-13H2,1-3H3,(H,25,26)/b9-6-,15-14+/t16-,17+,18-,19+,20-/m0/s1. The van der Waals surface area contributed by atoms with Gasteiger partial charge < -0.3 is 20.4 Å². The van der Waals surface area contributed by atoms with Gasteiger partial charge in [-0.1, -0.05) is 50.5 Å². The lowest BCUT2D eigenvalue weighted by molar-refractivity contribution is -0.137. The minimum absolute atomic E-state index is 0.152. The lowest BCUT2D eigenvalue weighted by Gasteiger charge is -2.29. The van der Waals surface area contributed by atoms with E-state index in [0.717, 1.165) is 19.3 Å². The molecule has 5 nitrogen and oxygen atoms in total. The van der Waals surface area contributed by atoms with Crippen molar-refractivity contribution in [3.8, 4) is 0 Å². The smallest absolute Gasteiger partial charge is 0.303 e. The van der Waals surface area contributed by atoms with Crippen molar-refractivity contribution in [3.05, 3.63) is 24.3 Å². The first-order chi connectivity index (χ1) is 12.3. The molecule has 0 aliphatic carbocycles. The van der Waals surface area contributed by atoms with Crippen LogP contribution in [0.3, 0.4) is 0 Å². The molecule has 0 aliphatic rings. The molecule has 0 aliphatic heterocycles. The zero-order chi connectivity index (χ0) is 19.9. The molecule has 0 aromatic rings. The molecule has 0 aromatic heterocycles. The van der Waals surface area contributed by atoms with Crippen LogP contribution in [0.2, 0.25) is 0 Å². The molecule has 0 radical (unpaired) electrons. The highest BCUT2D eigenvalue weighted by molar-refractivity contribution is 5.66. The van der Waals surface area contributed by atoms with Gasteiger partial charge in [0.2, 0.25) is 0 Å². The molecular weight excluding hydrogens is 332 g/mol. The maximum atomic E-state index is 10.5. The number of aliphatic hydroxyl groups excluding tert-OH is 3. The van der Waals surface area contributed by atoms with Gasteiger partial charge in [0.25, 0.3) is 0 Å². The van der Waals surface area contributed by atoms with Crippen molar-refractivity contribution in [3.63, 3.8) is 0 Å². The molecule has 0 spiro atoms. The molecule has 5 atom stereocenters. The summed E-state index contributed by atoms with van der Waals surface area (Å²) in [7, 11) is 0. The fraction of sp³-hybridized carbons (Fsp3) is 0.762. The van der Waals surface area contributed by atoms with Gasteiger partial charge in [0.1, 0.15) is 0 Å². The Morgan fingerprint density at radius 2 is 1.65 bits per heavy atom. The van der Waals surface area contributed by atoms with E-state index in [9.17, 15) is 20.1 Å². The fourth-order valence-corrected chi connectivity index (χ4v) is 3.04. The molecule has 0 amide bonds. The molecule has 5 heteroatoms. The van der Waals surface area contributed by atoms with E-state index in [-0.39, 0.29) is 18.3 Å². The Morgan fingerprint density at radius 1 is 0.962 bits per heavy atom. The van der Waals surface area contributed by atoms with E-state index >= 15 is 0 Å². The number of hydrogen-bond donors (Lipinski definition) is 4. The second-order valence-electron chi connectivity index (χ2n) is 7.16. The predicted octanol–water partition coefficient (Wildman–Crippen LogP) is 3.68. The SMILES string of the molecule is CCCCC[C@H](O)/C=C/[C@H]([C@H](C/C=C\CCCC(=O)O)[C@H](C)O)[C@@H](C)O. The molecule has 0 aromatic carbocycles. The summed E-state index contributed by atoms with van der Waals surface area (Å²) in [5, 5.41) is 38.9. The second kappa shape index (κ2) is 14.9. The Balaban J connectivity index is 4.69. The molecule has 152 valence electrons. The van der Waals surface area contributed by atoms with Gasteiger partial charge in [0, 0.05) is 12.3 Å². The number of carboxylic acid groups (broad SMARTS) is 1. The minimum Gasteiger partial charge on any atom is -0.481 e. The average Bonchev–Trinajstić information content (AvgIpc) is 2.55. The Morgan fingerprint density at radius 3 is 2.19 bits per heavy atom. The van der Waals surface area contributed by atoms with Gasteiger partial charge in [-0.3, -0.25) is 4.79 Å². The summed E-state index contributed by atoms with van der Waals surface area (Å²) in [4.78, 5) is 10.5. The van der Waals surface area contributed by atoms with Crippen LogP contribution in [0.15, 0.2) is 24.3 Å². The average molecular weight is 371 g/mol. The second-order valence-corrected chi connectivity index (χ2v) is 7.16. The summed E-state index contributed by atoms with van der Waals surface area (Å²) in [5.74, 6) is -1.21. The highest BCUT2D eigenvalue weighted by Crippen LogP contribution is 2.26. The van der Waals surface area contributed by atoms with Crippen molar-refractivity contribution in [1.82, 2.24) is 0 Å². The number of aliphatic hydroxyl groups is 3. The number of rotatable bonds is 15. The third-order valence-corrected chi connectivity index (χ3v) is 4.67. The van der Waals surface area contributed by atoms with Crippen LogP contribution in [-0.4, -0.2) is 44.7 Å². The van der Waals surface area contributed by atoms with Crippen LogP contribution in [0, 0.1) is 11.8 Å². The van der Waals surface area contributed by atoms with Crippen molar-refractivity contribution in [2.75, 3.05) is 0 Å². The molecule has 0 rings (SSSR count). The van der Waals surface area contributed by atoms with Gasteiger partial charge in [-0.05, 0) is 45.4 Å². The summed E-state index contributed by atoms with van der Waals surface area (Å²) in [5.41, 5.74) is 0. The monoisotopic (exact) mass is 370 g/mol. The third-order valence-electron chi connectivity index (χ3n) is 4.67. The zero-order valence-corrected chi connectivity index (χ0v) is 16.6. The Hall–Kier alpha value is -1.17. The molecule has 0 fully saturated rings. The first-order valence-electron chi connectivity index (χ1n) is 9.88. The van der Waals surface area contributed by atoms with Gasteiger partial charge in [-0.25, -0.2) is 0 Å². The van der Waals surface area contributed by atoms with E-state index in [1.165, 1.54) is 0 Å². The number of allylic oxidation sites excluding steroid dienone is 2. The van der Waals surface area contributed by atoms with Crippen LogP contribution in [0.4, 0.5) is 0 Å². The lowest BCUT2D eigenvalue weighted by Crippen LogP contribution is -2.31. The molecule has 0 bridgehead atoms. The summed E-state index contributed by atoms with van der Waals surface area (Å²) < 4.78 is 0. The van der Waals surface area contributed by atoms with Gasteiger partial charge in [0.15, 0.2) is 0 Å². The van der Waals surface area contributed by atoms with Crippen LogP contribution in [0.25, 0.3) is 0 Å². The topological polar surface area (TPSA) is 98.0 Å². The van der Waals surface area contributed by atoms with E-state index in [1.807, 2.05) is 18.2 Å². The molecule has 4 N–H and O–H groups in total. The normalized spacial score (nSPS) is 18.1. The Labute approximate surface area is 158 Å². The molecule has 0 heterocycles. The minimum atomic E-state index is -0.794. The largest absolute Gasteiger partial charge is 0.481 e. The van der Waals surface area contributed by atoms with Crippen molar-refractivity contribution >= 4 is 5.97 Å². The molecular formula is C21H38O5. The molecule has 0 saturated carbocycles. The van der Waals surface area contributed by atoms with Crippen molar-refractivity contribution in [2.45, 2.75) is 90.4 Å². The van der Waals surface area contributed by atoms with Crippen LogP contribution < -0.4 is 0 Å². The van der Waals surface area contributed by atoms with Crippen molar-refractivity contribution < 1.29 is 25.2 Å². The zero-order valence-electron chi connectivity index (χ0n) is 16.6. The van der Waals surface area contributed by atoms with Crippen LogP contribution in [0.1, 0.15) is 72.1 Å². The summed E-state index contributed by atoms with van der Waals surface area (Å²) in [6.07, 6.45) is 11.6. The number of carboxylic acids is 1. The van der Waals surface area contributed by atoms with Crippen molar-refractivity contribution in [1.29, 1.82) is 0 Å². The van der Waals surface area contributed by atoms with E-state index in [2.05, 4.69) is 6.92 Å². The van der Waals surface area contributed by atoms with Crippen LogP contribution >= 0.6 is 0 Å². The Bertz CT molecular complexity index is 415. The summed E-state index contributed by atoms with van der Waals surface area (Å²) in [6.45, 7) is 5.53. The highest BCUT2D eigenvalue weighted by atomic mass is 16.4. The first-order valence-corrected chi connectivity index (χ1v) is 9.88. The van der Waals surface area contributed by atoms with E-state index in [0.29, 0.717) is 25.7 Å². The third kappa shape index (κ3) is 12.2. The highest BCUT2D eigenvalue weighted by Gasteiger charge is 2.26. The van der Waals surface area contributed by atoms with E-state index < -0.39 is 24.3 Å². The summed E-state index contributed by atoms with van der Waals surface area (Å²) >= 11 is 0. The predicted molar refractivity (Wildman–Crippen MR) is 105 cm³/mol. The van der Waals surface area contributed by atoms with Gasteiger partial charge in [-0.15, -0.1) is 0 Å². The molecule has 26 heavy (non-hydrogen) atoms. The maximum Gasteiger partial charge on any atom is 0.303 e. The van der Waals surface area contributed by atoms with Gasteiger partial charge in [-0.2, -0.15) is 0 Å². The van der Waals surface area contributed by atoms with Gasteiger partial charge >= 0.3 is 5.97 Å². The van der Waals surface area contributed by atoms with Crippen LogP contribution in [-0.2, 0) is 4.79 Å². The number of hydrogen-bond acceptors (Lipinski definition) is 4. The number of carbonyl (C=O) groups is 1. The Kier molecular flexibility index (Phi) is 14.3. The summed E-state index contributed by atoms with van der Waals surface area (Å²) in [6, 6.07) is 0. The number of aliphatic carboxylic acids is 1. The quantitative estimate of drug-likeness (QED) is 0.260. The molecule has 0 unspecified atom stereocenters. The van der Waals surface area contributed by atoms with E-state index in [4.69, 9.17) is 5.11 Å². The number of unbranched alkanes of at least 4 members (excludes halogenated alkanes) is 3. The first kappa shape index (κ1) is 24.8. The van der Waals surface area contributed by atoms with Crippen molar-refractivity contribution in [2.24, 2.45) is 11.8 Å². The lowest BCUT2D eigenvalue weighted by atomic mass is 9.81. The van der Waals surface area contributed by atoms with Gasteiger partial charge in [0.05, 0.1) is 18.3 Å². The molecule has 0 saturated heterocycles. The maximum absolute atomic E-state index is 10.5.